The second-order valence-corrected chi connectivity index (χ2v) is 9.08. The van der Waals surface area contributed by atoms with E-state index in [1.165, 1.54) is 4.57 Å². The van der Waals surface area contributed by atoms with Crippen molar-refractivity contribution >= 4 is 28.6 Å². The minimum Gasteiger partial charge on any atom is -0.378 e. The zero-order chi connectivity index (χ0) is 25.9. The van der Waals surface area contributed by atoms with Crippen LogP contribution in [0.15, 0.2) is 48.7 Å². The van der Waals surface area contributed by atoms with Crippen LogP contribution in [0.1, 0.15) is 17.8 Å². The summed E-state index contributed by atoms with van der Waals surface area (Å²) in [5, 5.41) is 3.26. The molecule has 198 valence electrons. The van der Waals surface area contributed by atoms with Gasteiger partial charge in [-0.15, -0.1) is 0 Å². The van der Waals surface area contributed by atoms with Gasteiger partial charge in [-0.05, 0) is 23.8 Å². The van der Waals surface area contributed by atoms with E-state index in [4.69, 9.17) is 14.5 Å². The van der Waals surface area contributed by atoms with E-state index >= 15 is 0 Å². The topological polar surface area (TPSA) is 93.5 Å². The number of para-hydroxylation sites is 2. The third-order valence-electron chi connectivity index (χ3n) is 6.64. The molecule has 2 aliphatic rings. The fourth-order valence-corrected chi connectivity index (χ4v) is 4.68. The van der Waals surface area contributed by atoms with Gasteiger partial charge in [0.25, 0.3) is 6.43 Å². The zero-order valence-electron chi connectivity index (χ0n) is 20.8. The first kappa shape index (κ1) is 24.4. The van der Waals surface area contributed by atoms with Crippen LogP contribution in [0, 0.1) is 0 Å². The summed E-state index contributed by atoms with van der Waals surface area (Å²) in [4.78, 5) is 22.4. The Bertz CT molecular complexity index is 1390. The molecule has 1 N–H and O–H groups in total. The summed E-state index contributed by atoms with van der Waals surface area (Å²) >= 11 is 0. The molecular weight excluding hydrogens is 494 g/mol. The summed E-state index contributed by atoms with van der Waals surface area (Å²) in [6, 6.07) is 12.8. The SMILES string of the molecule is FC(F)c1nc2ccccc2n1-c1cc(N2CCOCC2)nc(NCc2ccc(N3CCOCC3)nc2)n1. The van der Waals surface area contributed by atoms with Crippen LogP contribution in [0.2, 0.25) is 0 Å². The second kappa shape index (κ2) is 10.8. The molecule has 4 aromatic rings. The molecule has 2 fully saturated rings. The molecule has 0 aliphatic carbocycles. The summed E-state index contributed by atoms with van der Waals surface area (Å²) in [6.07, 6.45) is -0.945. The van der Waals surface area contributed by atoms with Crippen molar-refractivity contribution in [3.63, 3.8) is 0 Å². The number of nitrogens with one attached hydrogen (secondary N) is 1. The van der Waals surface area contributed by atoms with E-state index in [1.54, 1.807) is 30.3 Å². The standard InChI is InChI=1S/C26H28F2N8O2/c27-24(28)25-31-19-3-1-2-4-20(19)36(25)23-15-22(35-9-13-38-14-10-35)32-26(33-23)30-17-18-5-6-21(29-16-18)34-7-11-37-12-8-34/h1-6,15-16,24H,7-14,17H2,(H,30,32,33). The largest absolute Gasteiger partial charge is 0.378 e. The number of morpholine rings is 2. The van der Waals surface area contributed by atoms with E-state index in [9.17, 15) is 8.78 Å². The lowest BCUT2D eigenvalue weighted by molar-refractivity contribution is 0.122. The Morgan fingerprint density at radius 2 is 1.50 bits per heavy atom. The number of benzene rings is 1. The molecule has 0 spiro atoms. The maximum atomic E-state index is 14.1. The predicted molar refractivity (Wildman–Crippen MR) is 139 cm³/mol. The van der Waals surface area contributed by atoms with Gasteiger partial charge in [0.15, 0.2) is 5.82 Å². The van der Waals surface area contributed by atoms with E-state index < -0.39 is 6.43 Å². The Kier molecular flexibility index (Phi) is 6.97. The van der Waals surface area contributed by atoms with E-state index in [0.29, 0.717) is 74.7 Å². The molecule has 3 aromatic heterocycles. The van der Waals surface area contributed by atoms with Crippen LogP contribution in [0.4, 0.5) is 26.4 Å². The van der Waals surface area contributed by atoms with Crippen molar-refractivity contribution in [3.8, 4) is 5.82 Å². The number of hydrogen-bond acceptors (Lipinski definition) is 9. The normalized spacial score (nSPS) is 16.4. The molecule has 10 nitrogen and oxygen atoms in total. The van der Waals surface area contributed by atoms with Crippen LogP contribution in [0.5, 0.6) is 0 Å². The fourth-order valence-electron chi connectivity index (χ4n) is 4.68. The van der Waals surface area contributed by atoms with Crippen molar-refractivity contribution in [1.82, 2.24) is 24.5 Å². The molecule has 6 rings (SSSR count). The number of alkyl halides is 2. The van der Waals surface area contributed by atoms with Gasteiger partial charge in [0.2, 0.25) is 5.95 Å². The van der Waals surface area contributed by atoms with Crippen LogP contribution in [0.25, 0.3) is 16.9 Å². The van der Waals surface area contributed by atoms with E-state index in [0.717, 1.165) is 24.5 Å². The lowest BCUT2D eigenvalue weighted by atomic mass is 10.2. The van der Waals surface area contributed by atoms with Crippen LogP contribution in [-0.2, 0) is 16.0 Å². The van der Waals surface area contributed by atoms with Crippen molar-refractivity contribution in [3.05, 3.63) is 60.0 Å². The van der Waals surface area contributed by atoms with Crippen molar-refractivity contribution in [1.29, 1.82) is 0 Å². The number of fused-ring (bicyclic) bond motifs is 1. The van der Waals surface area contributed by atoms with E-state index in [-0.39, 0.29) is 5.82 Å². The Hall–Kier alpha value is -3.90. The first-order valence-electron chi connectivity index (χ1n) is 12.6. The quantitative estimate of drug-likeness (QED) is 0.392. The highest BCUT2D eigenvalue weighted by Gasteiger charge is 2.23. The molecule has 12 heteroatoms. The average molecular weight is 523 g/mol. The highest BCUT2D eigenvalue weighted by Crippen LogP contribution is 2.29. The first-order chi connectivity index (χ1) is 18.7. The highest BCUT2D eigenvalue weighted by atomic mass is 19.3. The van der Waals surface area contributed by atoms with Crippen molar-refractivity contribution in [2.24, 2.45) is 0 Å². The van der Waals surface area contributed by atoms with Crippen molar-refractivity contribution in [2.75, 3.05) is 67.7 Å². The van der Waals surface area contributed by atoms with Gasteiger partial charge in [-0.1, -0.05) is 18.2 Å². The van der Waals surface area contributed by atoms with Gasteiger partial charge < -0.3 is 24.6 Å². The number of anilines is 3. The molecule has 5 heterocycles. The molecule has 0 unspecified atom stereocenters. The van der Waals surface area contributed by atoms with E-state index in [1.807, 2.05) is 18.3 Å². The molecule has 0 radical (unpaired) electrons. The third-order valence-corrected chi connectivity index (χ3v) is 6.64. The monoisotopic (exact) mass is 522 g/mol. The number of imidazole rings is 1. The van der Waals surface area contributed by atoms with Gasteiger partial charge in [0.05, 0.1) is 37.5 Å². The summed E-state index contributed by atoms with van der Waals surface area (Å²) in [7, 11) is 0. The summed E-state index contributed by atoms with van der Waals surface area (Å²) < 4.78 is 40.4. The van der Waals surface area contributed by atoms with Gasteiger partial charge in [-0.3, -0.25) is 4.57 Å². The highest BCUT2D eigenvalue weighted by molar-refractivity contribution is 5.78. The number of halogens is 2. The van der Waals surface area contributed by atoms with E-state index in [2.05, 4.69) is 30.1 Å². The summed E-state index contributed by atoms with van der Waals surface area (Å²) in [6.45, 7) is 5.89. The smallest absolute Gasteiger partial charge is 0.296 e. The molecular formula is C26H28F2N8O2. The Labute approximate surface area is 218 Å². The lowest BCUT2D eigenvalue weighted by Gasteiger charge is -2.28. The molecule has 0 bridgehead atoms. The molecule has 0 atom stereocenters. The summed E-state index contributed by atoms with van der Waals surface area (Å²) in [5.41, 5.74) is 1.99. The van der Waals surface area contributed by atoms with Gasteiger partial charge >= 0.3 is 0 Å². The Balaban J connectivity index is 1.31. The molecule has 2 saturated heterocycles. The number of aromatic nitrogens is 5. The summed E-state index contributed by atoms with van der Waals surface area (Å²) in [5.74, 6) is 1.86. The van der Waals surface area contributed by atoms with Gasteiger partial charge in [0, 0.05) is 45.0 Å². The number of nitrogens with zero attached hydrogens (tertiary/aromatic N) is 7. The van der Waals surface area contributed by atoms with Gasteiger partial charge in [-0.25, -0.2) is 18.7 Å². The molecule has 38 heavy (non-hydrogen) atoms. The molecule has 1 aromatic carbocycles. The van der Waals surface area contributed by atoms with Gasteiger partial charge in [-0.2, -0.15) is 9.97 Å². The Morgan fingerprint density at radius 1 is 0.816 bits per heavy atom. The molecule has 0 saturated carbocycles. The van der Waals surface area contributed by atoms with Crippen molar-refractivity contribution < 1.29 is 18.3 Å². The second-order valence-electron chi connectivity index (χ2n) is 9.08. The minimum atomic E-state index is -2.77. The van der Waals surface area contributed by atoms with Crippen LogP contribution in [-0.4, -0.2) is 77.1 Å². The van der Waals surface area contributed by atoms with Crippen LogP contribution >= 0.6 is 0 Å². The minimum absolute atomic E-state index is 0.328. The van der Waals surface area contributed by atoms with Crippen LogP contribution in [0.3, 0.4) is 0 Å². The molecule has 2 aliphatic heterocycles. The lowest BCUT2D eigenvalue weighted by Crippen LogP contribution is -2.37. The number of ether oxygens (including phenoxy) is 2. The molecule has 0 amide bonds. The van der Waals surface area contributed by atoms with Crippen LogP contribution < -0.4 is 15.1 Å². The number of hydrogen-bond donors (Lipinski definition) is 1. The number of rotatable bonds is 7. The van der Waals surface area contributed by atoms with Crippen molar-refractivity contribution in [2.45, 2.75) is 13.0 Å². The zero-order valence-corrected chi connectivity index (χ0v) is 20.8. The maximum absolute atomic E-state index is 14.1. The Morgan fingerprint density at radius 3 is 2.18 bits per heavy atom. The third kappa shape index (κ3) is 5.09. The predicted octanol–water partition coefficient (Wildman–Crippen LogP) is 3.43. The van der Waals surface area contributed by atoms with Gasteiger partial charge in [0.1, 0.15) is 17.5 Å². The fraction of sp³-hybridized carbons (Fsp3) is 0.385. The maximum Gasteiger partial charge on any atom is 0.296 e. The number of pyridine rings is 1. The first-order valence-corrected chi connectivity index (χ1v) is 12.6. The average Bonchev–Trinajstić information content (AvgIpc) is 3.37.